The molecule has 9 rings (SSSR count). The van der Waals surface area contributed by atoms with Crippen molar-refractivity contribution in [3.05, 3.63) is 87.1 Å². The number of nitrogens with one attached hydrogen (secondary N) is 2. The first-order chi connectivity index (χ1) is 32.1. The first-order valence-electron chi connectivity index (χ1n) is 23.2. The number of hydrogen-bond donors (Lipinski definition) is 2. The number of methoxy groups -OCH3 is 2. The minimum absolute atomic E-state index is 0. The molecular weight excluding hydrogens is 1000 g/mol. The number of fused-ring (bicyclic) bond motifs is 5. The molecule has 2 aromatic heterocycles. The molecule has 2 fully saturated rings. The minimum Gasteiger partial charge on any atom is -0.465 e. The number of allylic oxidation sites excluding steroid dienone is 2. The Morgan fingerprint density at radius 3 is 1.77 bits per heavy atom. The zero-order valence-corrected chi connectivity index (χ0v) is 46.1. The number of aromatic nitrogens is 1. The third-order valence-corrected chi connectivity index (χ3v) is 14.8. The summed E-state index contributed by atoms with van der Waals surface area (Å²) in [4.78, 5) is 67.5. The van der Waals surface area contributed by atoms with Gasteiger partial charge in [0.2, 0.25) is 18.0 Å². The number of thiophene rings is 1. The van der Waals surface area contributed by atoms with E-state index in [0.717, 1.165) is 80.0 Å². The number of alkyl carbamates (subject to hydrolysis) is 2. The zero-order valence-electron chi connectivity index (χ0n) is 41.3. The Kier molecular flexibility index (Phi) is 18.7. The van der Waals surface area contributed by atoms with Crippen LogP contribution in [0.15, 0.2) is 64.8 Å². The van der Waals surface area contributed by atoms with Gasteiger partial charge in [-0.1, -0.05) is 33.8 Å². The molecule has 2 N–H and O–H groups in total. The first kappa shape index (κ1) is 57.0. The van der Waals surface area contributed by atoms with E-state index in [1.807, 2.05) is 55.8 Å². The highest BCUT2D eigenvalue weighted by atomic mass is 32.1. The molecular formula is C51H66FN7O7S5. The Balaban J connectivity index is 0.00000234. The van der Waals surface area contributed by atoms with Crippen LogP contribution in [0.1, 0.15) is 98.9 Å². The van der Waals surface area contributed by atoms with E-state index < -0.39 is 36.3 Å². The van der Waals surface area contributed by atoms with E-state index >= 15 is 4.39 Å². The largest absolute Gasteiger partial charge is 0.465 e. The average Bonchev–Trinajstić information content (AvgIpc) is 4.17. The Bertz CT molecular complexity index is 2820. The molecule has 4 amide bonds. The number of ether oxygens (including phenoxy) is 3. The molecule has 4 aromatic rings. The van der Waals surface area contributed by atoms with E-state index in [4.69, 9.17) is 24.2 Å². The van der Waals surface area contributed by atoms with Gasteiger partial charge < -0.3 is 39.2 Å². The lowest BCUT2D eigenvalue weighted by Gasteiger charge is -2.31. The summed E-state index contributed by atoms with van der Waals surface area (Å²) in [6.07, 6.45) is 6.01. The first-order valence-corrected chi connectivity index (χ1v) is 24.0. The maximum Gasteiger partial charge on any atom is 0.407 e. The van der Waals surface area contributed by atoms with Gasteiger partial charge in [0.05, 0.1) is 43.1 Å². The van der Waals surface area contributed by atoms with Gasteiger partial charge in [-0.2, -0.15) is 54.0 Å². The molecule has 5 aliphatic rings. The summed E-state index contributed by atoms with van der Waals surface area (Å²) in [7, 11) is 2.57. The van der Waals surface area contributed by atoms with Crippen LogP contribution in [-0.2, 0) is 19.1 Å². The molecule has 7 heterocycles. The average molecular weight is 1070 g/mol. The topological polar surface area (TPSA) is 156 Å². The van der Waals surface area contributed by atoms with Crippen LogP contribution >= 0.6 is 65.3 Å². The molecule has 71 heavy (non-hydrogen) atoms. The van der Waals surface area contributed by atoms with Crippen molar-refractivity contribution < 1.29 is 37.8 Å². The third-order valence-electron chi connectivity index (χ3n) is 13.8. The van der Waals surface area contributed by atoms with E-state index in [1.165, 1.54) is 14.2 Å². The highest BCUT2D eigenvalue weighted by Crippen LogP contribution is 2.48. The van der Waals surface area contributed by atoms with Gasteiger partial charge in [0.1, 0.15) is 23.7 Å². The number of likely N-dealkylation sites (tertiary alicyclic amines) is 2. The van der Waals surface area contributed by atoms with Crippen LogP contribution in [0.5, 0.6) is 5.75 Å². The number of amides is 4. The normalized spacial score (nSPS) is 19.6. The standard InChI is InChI=1S/C51H58FN7O7S.4H2S/c1-26(2)45(55-50(62)64-7)47(60)57-15-9-11-40(57)37-20-33(24-53-37)30-13-14-39-32(18-30)22-42-44-36(52)19-31(23-43(44)66-49(59(39)42)35-17-28(5)67-29(35)6)34-21-38(54-25-34)41-12-10-16-58(41)48(61)46(27(3)4)56-51(63)65-8;;;;/h13-14,17-19,22-27,40-41,45-46,49H,9-12,15-16,20-21H2,1-8H3,(H,55,62)(H,56,63);4*1H2/t40-,41-,45-,46-,49?;;;;/m0..../s1. The highest BCUT2D eigenvalue weighted by molar-refractivity contribution is 7.59. The smallest absolute Gasteiger partial charge is 0.407 e. The number of carbonyl (C=O) groups is 4. The van der Waals surface area contributed by atoms with Gasteiger partial charge in [0.25, 0.3) is 0 Å². The molecule has 5 aliphatic heterocycles. The summed E-state index contributed by atoms with van der Waals surface area (Å²) in [5.41, 5.74) is 8.24. The molecule has 0 aliphatic carbocycles. The van der Waals surface area contributed by atoms with Crippen LogP contribution in [0.25, 0.3) is 33.3 Å². The highest BCUT2D eigenvalue weighted by Gasteiger charge is 2.41. The van der Waals surface area contributed by atoms with Crippen LogP contribution in [0.4, 0.5) is 14.0 Å². The molecule has 0 radical (unpaired) electrons. The van der Waals surface area contributed by atoms with E-state index in [2.05, 4.69) is 53.3 Å². The summed E-state index contributed by atoms with van der Waals surface area (Å²) in [5.74, 6) is -0.565. The van der Waals surface area contributed by atoms with Gasteiger partial charge in [0, 0.05) is 70.5 Å². The maximum absolute atomic E-state index is 16.9. The fourth-order valence-corrected chi connectivity index (χ4v) is 11.4. The molecule has 14 nitrogen and oxygen atoms in total. The third kappa shape index (κ3) is 10.9. The number of aliphatic imine (C=N–C) groups is 2. The number of aryl methyl sites for hydroxylation is 2. The number of hydrogen-bond acceptors (Lipinski definition) is 10. The number of carbonyl (C=O) groups excluding carboxylic acids is 4. The number of benzene rings is 2. The summed E-state index contributed by atoms with van der Waals surface area (Å²) < 4.78 is 35.5. The zero-order chi connectivity index (χ0) is 47.4. The SMILES string of the molecule is COC(=O)N[C@H](C(=O)N1CCC[C@H]1C1=NC=C(c2cc(F)c3c(c2)OC(c2cc(C)sc2C)n2c-3cc3cc(C4=CN=C([C@@H]5CCCN5C(=O)[C@@H](NC(=O)OC)C(C)C)C4)ccc32)C1)C(C)C.S.S.S.S. The van der Waals surface area contributed by atoms with Gasteiger partial charge >= 0.3 is 12.2 Å². The minimum atomic E-state index is -0.740. The lowest BCUT2D eigenvalue weighted by molar-refractivity contribution is -0.134. The molecule has 2 saturated heterocycles. The van der Waals surface area contributed by atoms with Crippen molar-refractivity contribution in [1.29, 1.82) is 0 Å². The Morgan fingerprint density at radius 1 is 0.746 bits per heavy atom. The number of rotatable bonds is 11. The molecule has 1 unspecified atom stereocenters. The molecule has 5 atom stereocenters. The fraction of sp³-hybridized carbons (Fsp3) is 0.451. The van der Waals surface area contributed by atoms with Crippen LogP contribution < -0.4 is 15.4 Å². The van der Waals surface area contributed by atoms with Crippen molar-refractivity contribution in [3.8, 4) is 17.0 Å². The van der Waals surface area contributed by atoms with Gasteiger partial charge in [-0.3, -0.25) is 19.6 Å². The molecule has 20 heteroatoms. The predicted octanol–water partition coefficient (Wildman–Crippen LogP) is 9.63. The lowest BCUT2D eigenvalue weighted by Crippen LogP contribution is -2.53. The lowest BCUT2D eigenvalue weighted by atomic mass is 9.95. The summed E-state index contributed by atoms with van der Waals surface area (Å²) in [6, 6.07) is 12.1. The van der Waals surface area contributed by atoms with Crippen LogP contribution in [0, 0.1) is 31.5 Å². The van der Waals surface area contributed by atoms with E-state index in [0.29, 0.717) is 48.5 Å². The van der Waals surface area contributed by atoms with Crippen molar-refractivity contribution in [2.75, 3.05) is 27.3 Å². The van der Waals surface area contributed by atoms with Crippen molar-refractivity contribution in [2.24, 2.45) is 21.8 Å². The van der Waals surface area contributed by atoms with Gasteiger partial charge in [-0.05, 0) is 110 Å². The summed E-state index contributed by atoms with van der Waals surface area (Å²) in [6.45, 7) is 12.9. The van der Waals surface area contributed by atoms with Crippen molar-refractivity contribution in [2.45, 2.75) is 110 Å². The maximum atomic E-state index is 16.9. The second-order valence-corrected chi connectivity index (χ2v) is 20.3. The quantitative estimate of drug-likeness (QED) is 0.152. The number of halogens is 1. The molecule has 2 aromatic carbocycles. The Hall–Kier alpha value is -4.89. The number of nitrogens with zero attached hydrogens (tertiary/aromatic N) is 5. The predicted molar refractivity (Wildman–Crippen MR) is 299 cm³/mol. The van der Waals surface area contributed by atoms with Crippen molar-refractivity contribution >= 4 is 123 Å². The van der Waals surface area contributed by atoms with Crippen LogP contribution in [0.2, 0.25) is 0 Å². The van der Waals surface area contributed by atoms with Gasteiger partial charge in [0.15, 0.2) is 0 Å². The second kappa shape index (κ2) is 23.3. The van der Waals surface area contributed by atoms with Crippen molar-refractivity contribution in [3.63, 3.8) is 0 Å². The summed E-state index contributed by atoms with van der Waals surface area (Å²) in [5, 5.41) is 6.36. The summed E-state index contributed by atoms with van der Waals surface area (Å²) >= 11 is 1.70. The van der Waals surface area contributed by atoms with E-state index in [1.54, 1.807) is 23.6 Å². The second-order valence-electron chi connectivity index (χ2n) is 18.8. The van der Waals surface area contributed by atoms with Crippen LogP contribution in [0.3, 0.4) is 0 Å². The van der Waals surface area contributed by atoms with Gasteiger partial charge in [-0.15, -0.1) is 11.3 Å². The molecule has 0 spiro atoms. The molecule has 0 bridgehead atoms. The Morgan fingerprint density at radius 2 is 1.28 bits per heavy atom. The fourth-order valence-electron chi connectivity index (χ4n) is 10.4. The monoisotopic (exact) mass is 1070 g/mol. The van der Waals surface area contributed by atoms with E-state index in [-0.39, 0.29) is 89.7 Å². The Labute approximate surface area is 446 Å². The van der Waals surface area contributed by atoms with Crippen LogP contribution in [-0.4, -0.2) is 101 Å². The van der Waals surface area contributed by atoms with E-state index in [9.17, 15) is 19.2 Å². The van der Waals surface area contributed by atoms with Crippen molar-refractivity contribution in [1.82, 2.24) is 25.0 Å². The molecule has 0 saturated carbocycles. The van der Waals surface area contributed by atoms with Gasteiger partial charge in [-0.25, -0.2) is 14.0 Å². The molecule has 384 valence electrons.